The van der Waals surface area contributed by atoms with Crippen molar-refractivity contribution in [3.8, 4) is 0 Å². The zero-order valence-electron chi connectivity index (χ0n) is 19.2. The van der Waals surface area contributed by atoms with Gasteiger partial charge in [-0.25, -0.2) is 14.2 Å². The molecule has 0 spiro atoms. The molecule has 0 radical (unpaired) electrons. The molecular weight excluding hydrogens is 543 g/mol. The van der Waals surface area contributed by atoms with E-state index < -0.39 is 17.8 Å². The molecule has 8 heteroatoms. The normalized spacial score (nSPS) is 15.4. The van der Waals surface area contributed by atoms with E-state index in [1.807, 2.05) is 54.6 Å². The van der Waals surface area contributed by atoms with E-state index in [1.54, 1.807) is 25.1 Å². The van der Waals surface area contributed by atoms with Gasteiger partial charge in [-0.2, -0.15) is 0 Å². The molecule has 0 amide bonds. The molecule has 0 N–H and O–H groups in total. The number of benzene rings is 3. The highest BCUT2D eigenvalue weighted by Crippen LogP contribution is 2.35. The van der Waals surface area contributed by atoms with Crippen LogP contribution in [-0.4, -0.2) is 17.1 Å². The van der Waals surface area contributed by atoms with Gasteiger partial charge in [0.1, 0.15) is 5.82 Å². The molecule has 1 aromatic heterocycles. The number of esters is 1. The van der Waals surface area contributed by atoms with E-state index in [9.17, 15) is 14.0 Å². The Kier molecular flexibility index (Phi) is 6.80. The second-order valence-electron chi connectivity index (χ2n) is 8.03. The van der Waals surface area contributed by atoms with Gasteiger partial charge in [-0.3, -0.25) is 9.36 Å². The number of aromatic nitrogens is 1. The molecule has 1 aliphatic heterocycles. The molecular formula is C28H20BrFN2O3S. The highest BCUT2D eigenvalue weighted by Gasteiger charge is 2.35. The van der Waals surface area contributed by atoms with Gasteiger partial charge in [0.2, 0.25) is 0 Å². The summed E-state index contributed by atoms with van der Waals surface area (Å²) in [5.74, 6) is -0.983. The van der Waals surface area contributed by atoms with Crippen molar-refractivity contribution < 1.29 is 13.9 Å². The molecule has 5 nitrogen and oxygen atoms in total. The topological polar surface area (TPSA) is 60.7 Å². The summed E-state index contributed by atoms with van der Waals surface area (Å²) in [7, 11) is 0. The minimum atomic E-state index is -0.830. The maximum Gasteiger partial charge on any atom is 0.338 e. The molecule has 0 saturated carbocycles. The van der Waals surface area contributed by atoms with Crippen LogP contribution in [-0.2, 0) is 9.53 Å². The van der Waals surface area contributed by atoms with Crippen molar-refractivity contribution in [3.63, 3.8) is 0 Å². The summed E-state index contributed by atoms with van der Waals surface area (Å²) < 4.78 is 22.2. The van der Waals surface area contributed by atoms with Crippen molar-refractivity contribution in [2.75, 3.05) is 6.61 Å². The fourth-order valence-electron chi connectivity index (χ4n) is 4.11. The quantitative estimate of drug-likeness (QED) is 0.327. The van der Waals surface area contributed by atoms with E-state index in [0.29, 0.717) is 20.6 Å². The molecule has 1 atom stereocenters. The Morgan fingerprint density at radius 2 is 1.78 bits per heavy atom. The van der Waals surface area contributed by atoms with E-state index in [0.717, 1.165) is 15.6 Å². The molecule has 180 valence electrons. The molecule has 4 aromatic rings. The molecule has 1 aliphatic rings. The van der Waals surface area contributed by atoms with Crippen LogP contribution in [0.25, 0.3) is 11.8 Å². The lowest BCUT2D eigenvalue weighted by molar-refractivity contribution is -0.138. The van der Waals surface area contributed by atoms with Gasteiger partial charge in [0.25, 0.3) is 5.56 Å². The molecule has 5 rings (SSSR count). The van der Waals surface area contributed by atoms with Crippen molar-refractivity contribution in [2.24, 2.45) is 4.99 Å². The van der Waals surface area contributed by atoms with Gasteiger partial charge in [-0.15, -0.1) is 0 Å². The lowest BCUT2D eigenvalue weighted by Gasteiger charge is -2.25. The third-order valence-electron chi connectivity index (χ3n) is 5.73. The van der Waals surface area contributed by atoms with E-state index in [1.165, 1.54) is 28.0 Å². The average Bonchev–Trinajstić information content (AvgIpc) is 3.20. The molecule has 3 aromatic carbocycles. The first-order chi connectivity index (χ1) is 17.5. The number of hydrogen-bond acceptors (Lipinski definition) is 5. The van der Waals surface area contributed by atoms with Crippen LogP contribution in [0.1, 0.15) is 29.7 Å². The predicted octanol–water partition coefficient (Wildman–Crippen LogP) is 4.84. The Morgan fingerprint density at radius 3 is 2.44 bits per heavy atom. The first kappa shape index (κ1) is 24.1. The monoisotopic (exact) mass is 562 g/mol. The zero-order valence-corrected chi connectivity index (χ0v) is 21.6. The summed E-state index contributed by atoms with van der Waals surface area (Å²) in [5, 5.41) is 0. The van der Waals surface area contributed by atoms with Gasteiger partial charge in [0.05, 0.1) is 28.5 Å². The number of halogens is 2. The first-order valence-corrected chi connectivity index (χ1v) is 12.9. The highest BCUT2D eigenvalue weighted by atomic mass is 79.9. The first-order valence-electron chi connectivity index (χ1n) is 11.3. The Hall–Kier alpha value is -3.62. The third kappa shape index (κ3) is 4.62. The number of carbonyl (C=O) groups is 1. The van der Waals surface area contributed by atoms with E-state index in [4.69, 9.17) is 9.73 Å². The minimum absolute atomic E-state index is 0.161. The number of hydrogen-bond donors (Lipinski definition) is 0. The van der Waals surface area contributed by atoms with Crippen molar-refractivity contribution in [2.45, 2.75) is 13.0 Å². The zero-order chi connectivity index (χ0) is 25.2. The maximum absolute atomic E-state index is 13.8. The van der Waals surface area contributed by atoms with Gasteiger partial charge in [-0.1, -0.05) is 81.9 Å². The fourth-order valence-corrected chi connectivity index (χ4v) is 5.38. The fraction of sp³-hybridized carbons (Fsp3) is 0.107. The van der Waals surface area contributed by atoms with Gasteiger partial charge in [0, 0.05) is 10.0 Å². The van der Waals surface area contributed by atoms with Crippen LogP contribution in [0.5, 0.6) is 0 Å². The lowest BCUT2D eigenvalue weighted by Crippen LogP contribution is -2.40. The number of ether oxygens (including phenoxy) is 1. The van der Waals surface area contributed by atoms with Crippen LogP contribution in [0.15, 0.2) is 98.7 Å². The van der Waals surface area contributed by atoms with Crippen LogP contribution in [0.3, 0.4) is 0 Å². The molecule has 0 saturated heterocycles. The third-order valence-corrected chi connectivity index (χ3v) is 7.24. The number of thiazole rings is 1. The van der Waals surface area contributed by atoms with Gasteiger partial charge < -0.3 is 4.74 Å². The molecule has 2 heterocycles. The Labute approximate surface area is 218 Å². The summed E-state index contributed by atoms with van der Waals surface area (Å²) >= 11 is 4.67. The second-order valence-corrected chi connectivity index (χ2v) is 9.96. The second kappa shape index (κ2) is 10.2. The minimum Gasteiger partial charge on any atom is -0.463 e. The molecule has 0 fully saturated rings. The van der Waals surface area contributed by atoms with Crippen molar-refractivity contribution in [1.82, 2.24) is 4.57 Å². The standard InChI is InChI=1S/C28H20BrFN2O3S/c1-2-35-27(34)23-24(18-6-4-3-5-7-18)31-28-32(25(23)19-10-14-21(30)15-11-19)26(33)22(36-28)16-17-8-12-20(29)13-9-17/h3-16,25H,2H2,1H3/b22-16-. The Bertz CT molecular complexity index is 1640. The number of nitrogens with zero attached hydrogens (tertiary/aromatic N) is 2. The predicted molar refractivity (Wildman–Crippen MR) is 142 cm³/mol. The summed E-state index contributed by atoms with van der Waals surface area (Å²) in [6, 6.07) is 21.9. The average molecular weight is 563 g/mol. The maximum atomic E-state index is 13.8. The lowest BCUT2D eigenvalue weighted by atomic mass is 9.93. The van der Waals surface area contributed by atoms with Crippen LogP contribution >= 0.6 is 27.3 Å². The van der Waals surface area contributed by atoms with Crippen molar-refractivity contribution in [3.05, 3.63) is 131 Å². The van der Waals surface area contributed by atoms with Gasteiger partial charge >= 0.3 is 5.97 Å². The smallest absolute Gasteiger partial charge is 0.338 e. The van der Waals surface area contributed by atoms with Crippen LogP contribution in [0.4, 0.5) is 4.39 Å². The van der Waals surface area contributed by atoms with Gasteiger partial charge in [-0.05, 0) is 48.4 Å². The molecule has 1 unspecified atom stereocenters. The van der Waals surface area contributed by atoms with Gasteiger partial charge in [0.15, 0.2) is 4.80 Å². The van der Waals surface area contributed by atoms with Crippen LogP contribution < -0.4 is 14.9 Å². The molecule has 0 aliphatic carbocycles. The summed E-state index contributed by atoms with van der Waals surface area (Å²) in [5.41, 5.74) is 2.54. The van der Waals surface area contributed by atoms with E-state index in [2.05, 4.69) is 15.9 Å². The number of fused-ring (bicyclic) bond motifs is 1. The summed E-state index contributed by atoms with van der Waals surface area (Å²) in [6.45, 7) is 1.88. The summed E-state index contributed by atoms with van der Waals surface area (Å²) in [4.78, 5) is 32.3. The van der Waals surface area contributed by atoms with Crippen molar-refractivity contribution in [1.29, 1.82) is 0 Å². The Balaban J connectivity index is 1.82. The van der Waals surface area contributed by atoms with Crippen molar-refractivity contribution >= 4 is 45.0 Å². The summed E-state index contributed by atoms with van der Waals surface area (Å²) in [6.07, 6.45) is 1.80. The Morgan fingerprint density at radius 1 is 1.08 bits per heavy atom. The number of rotatable bonds is 5. The van der Waals surface area contributed by atoms with E-state index in [-0.39, 0.29) is 17.7 Å². The van der Waals surface area contributed by atoms with Crippen LogP contribution in [0, 0.1) is 5.82 Å². The molecule has 36 heavy (non-hydrogen) atoms. The largest absolute Gasteiger partial charge is 0.463 e. The van der Waals surface area contributed by atoms with E-state index >= 15 is 0 Å². The van der Waals surface area contributed by atoms with Crippen LogP contribution in [0.2, 0.25) is 0 Å². The highest BCUT2D eigenvalue weighted by molar-refractivity contribution is 9.10. The SMILES string of the molecule is CCOC(=O)C1=C(c2ccccc2)N=c2s/c(=C\c3ccc(Br)cc3)c(=O)n2C1c1ccc(F)cc1. The number of carbonyl (C=O) groups excluding carboxylic acids is 1. The molecule has 0 bridgehead atoms.